The first-order chi connectivity index (χ1) is 13.8. The van der Waals surface area contributed by atoms with Gasteiger partial charge in [-0.25, -0.2) is 9.97 Å². The molecule has 0 aliphatic heterocycles. The number of rotatable bonds is 9. The highest BCUT2D eigenvalue weighted by Crippen LogP contribution is 2.24. The molecule has 1 aromatic heterocycles. The van der Waals surface area contributed by atoms with Crippen LogP contribution in [0.25, 0.3) is 11.3 Å². The second kappa shape index (κ2) is 10.2. The van der Waals surface area contributed by atoms with E-state index in [0.29, 0.717) is 37.0 Å². The standard InChI is InChI=1S/C22H23N3O3/c1-2-27-13-7-12-23-22(26)18-10-6-11-19(14-18)28-21-15-20(24-16-25-21)17-8-4-3-5-9-17/h3-6,8-11,14-16H,2,7,12-13H2,1H3,(H,23,26). The molecule has 144 valence electrons. The van der Waals surface area contributed by atoms with Crippen LogP contribution >= 0.6 is 0 Å². The Kier molecular flexibility index (Phi) is 7.09. The number of nitrogens with one attached hydrogen (secondary N) is 1. The van der Waals surface area contributed by atoms with Gasteiger partial charge in [0.2, 0.25) is 5.88 Å². The molecule has 0 atom stereocenters. The summed E-state index contributed by atoms with van der Waals surface area (Å²) in [6.07, 6.45) is 2.24. The third-order valence-electron chi connectivity index (χ3n) is 3.99. The van der Waals surface area contributed by atoms with Crippen LogP contribution in [0.5, 0.6) is 11.6 Å². The van der Waals surface area contributed by atoms with Crippen molar-refractivity contribution < 1.29 is 14.3 Å². The molecule has 0 bridgehead atoms. The molecular weight excluding hydrogens is 354 g/mol. The number of carbonyl (C=O) groups is 1. The smallest absolute Gasteiger partial charge is 0.251 e. The van der Waals surface area contributed by atoms with Crippen molar-refractivity contribution in [2.75, 3.05) is 19.8 Å². The van der Waals surface area contributed by atoms with Crippen molar-refractivity contribution in [2.24, 2.45) is 0 Å². The van der Waals surface area contributed by atoms with Crippen LogP contribution in [0, 0.1) is 0 Å². The lowest BCUT2D eigenvalue weighted by Gasteiger charge is -2.09. The summed E-state index contributed by atoms with van der Waals surface area (Å²) >= 11 is 0. The fourth-order valence-electron chi connectivity index (χ4n) is 2.61. The van der Waals surface area contributed by atoms with Crippen LogP contribution in [0.3, 0.4) is 0 Å². The maximum absolute atomic E-state index is 12.3. The molecule has 6 heteroatoms. The summed E-state index contributed by atoms with van der Waals surface area (Å²) in [5.41, 5.74) is 2.29. The monoisotopic (exact) mass is 377 g/mol. The topological polar surface area (TPSA) is 73.3 Å². The molecule has 3 aromatic rings. The molecule has 6 nitrogen and oxygen atoms in total. The minimum atomic E-state index is -0.144. The average molecular weight is 377 g/mol. The number of carbonyl (C=O) groups excluding carboxylic acids is 1. The minimum absolute atomic E-state index is 0.144. The number of nitrogens with zero attached hydrogens (tertiary/aromatic N) is 2. The Morgan fingerprint density at radius 2 is 1.89 bits per heavy atom. The lowest BCUT2D eigenvalue weighted by molar-refractivity contribution is 0.0944. The van der Waals surface area contributed by atoms with Crippen molar-refractivity contribution in [3.05, 3.63) is 72.6 Å². The van der Waals surface area contributed by atoms with E-state index in [4.69, 9.17) is 9.47 Å². The molecule has 0 fully saturated rings. The summed E-state index contributed by atoms with van der Waals surface area (Å²) in [5.74, 6) is 0.817. The fraction of sp³-hybridized carbons (Fsp3) is 0.227. The average Bonchev–Trinajstić information content (AvgIpc) is 2.74. The number of hydrogen-bond donors (Lipinski definition) is 1. The summed E-state index contributed by atoms with van der Waals surface area (Å²) in [7, 11) is 0. The third kappa shape index (κ3) is 5.62. The molecule has 2 aromatic carbocycles. The van der Waals surface area contributed by atoms with Gasteiger partial charge in [0.1, 0.15) is 12.1 Å². The van der Waals surface area contributed by atoms with E-state index in [1.807, 2.05) is 37.3 Å². The zero-order valence-electron chi connectivity index (χ0n) is 15.8. The number of ether oxygens (including phenoxy) is 2. The third-order valence-corrected chi connectivity index (χ3v) is 3.99. The summed E-state index contributed by atoms with van der Waals surface area (Å²) in [5, 5.41) is 2.88. The summed E-state index contributed by atoms with van der Waals surface area (Å²) in [6.45, 7) is 3.83. The quantitative estimate of drug-likeness (QED) is 0.569. The van der Waals surface area contributed by atoms with Crippen LogP contribution in [0.2, 0.25) is 0 Å². The van der Waals surface area contributed by atoms with Gasteiger partial charge in [0.05, 0.1) is 5.69 Å². The maximum atomic E-state index is 12.3. The van der Waals surface area contributed by atoms with Crippen molar-refractivity contribution in [1.82, 2.24) is 15.3 Å². The first-order valence-electron chi connectivity index (χ1n) is 9.27. The lowest BCUT2D eigenvalue weighted by atomic mass is 10.1. The Morgan fingerprint density at radius 1 is 1.04 bits per heavy atom. The van der Waals surface area contributed by atoms with Crippen molar-refractivity contribution in [2.45, 2.75) is 13.3 Å². The van der Waals surface area contributed by atoms with Crippen molar-refractivity contribution >= 4 is 5.91 Å². The Balaban J connectivity index is 1.64. The van der Waals surface area contributed by atoms with Gasteiger partial charge in [-0.05, 0) is 31.5 Å². The van der Waals surface area contributed by atoms with Gasteiger partial charge in [0.25, 0.3) is 5.91 Å². The van der Waals surface area contributed by atoms with Gasteiger partial charge >= 0.3 is 0 Å². The molecule has 1 amide bonds. The molecule has 0 spiro atoms. The van der Waals surface area contributed by atoms with Gasteiger partial charge in [-0.3, -0.25) is 4.79 Å². The molecule has 0 radical (unpaired) electrons. The Hall–Kier alpha value is -3.25. The summed E-state index contributed by atoms with van der Waals surface area (Å²) in [4.78, 5) is 20.7. The second-order valence-electron chi connectivity index (χ2n) is 6.04. The molecule has 1 heterocycles. The van der Waals surface area contributed by atoms with E-state index in [-0.39, 0.29) is 5.91 Å². The Morgan fingerprint density at radius 3 is 2.71 bits per heavy atom. The largest absolute Gasteiger partial charge is 0.439 e. The predicted octanol–water partition coefficient (Wildman–Crippen LogP) is 4.09. The van der Waals surface area contributed by atoms with Gasteiger partial charge in [0.15, 0.2) is 0 Å². The van der Waals surface area contributed by atoms with Crippen LogP contribution in [-0.2, 0) is 4.74 Å². The molecule has 1 N–H and O–H groups in total. The molecular formula is C22H23N3O3. The van der Waals surface area contributed by atoms with Crippen molar-refractivity contribution in [3.63, 3.8) is 0 Å². The van der Waals surface area contributed by atoms with E-state index < -0.39 is 0 Å². The number of amides is 1. The Bertz CT molecular complexity index is 900. The van der Waals surface area contributed by atoms with E-state index in [9.17, 15) is 4.79 Å². The normalized spacial score (nSPS) is 10.5. The van der Waals surface area contributed by atoms with E-state index in [1.165, 1.54) is 6.33 Å². The summed E-state index contributed by atoms with van der Waals surface area (Å²) in [6, 6.07) is 18.6. The van der Waals surface area contributed by atoms with Crippen LogP contribution in [0.1, 0.15) is 23.7 Å². The molecule has 0 saturated carbocycles. The highest BCUT2D eigenvalue weighted by Gasteiger charge is 2.08. The van der Waals surface area contributed by atoms with Crippen LogP contribution in [0.4, 0.5) is 0 Å². The maximum Gasteiger partial charge on any atom is 0.251 e. The highest BCUT2D eigenvalue weighted by atomic mass is 16.5. The molecule has 3 rings (SSSR count). The first-order valence-corrected chi connectivity index (χ1v) is 9.27. The second-order valence-corrected chi connectivity index (χ2v) is 6.04. The van der Waals surface area contributed by atoms with Gasteiger partial charge in [-0.2, -0.15) is 0 Å². The van der Waals surface area contributed by atoms with Crippen molar-refractivity contribution in [1.29, 1.82) is 0 Å². The summed E-state index contributed by atoms with van der Waals surface area (Å²) < 4.78 is 11.1. The van der Waals surface area contributed by atoms with E-state index in [1.54, 1.807) is 30.3 Å². The molecule has 28 heavy (non-hydrogen) atoms. The molecule has 0 aliphatic carbocycles. The van der Waals surface area contributed by atoms with Gasteiger partial charge in [-0.15, -0.1) is 0 Å². The number of aromatic nitrogens is 2. The minimum Gasteiger partial charge on any atom is -0.439 e. The number of hydrogen-bond acceptors (Lipinski definition) is 5. The lowest BCUT2D eigenvalue weighted by Crippen LogP contribution is -2.25. The fourth-order valence-corrected chi connectivity index (χ4v) is 2.61. The number of benzene rings is 2. The zero-order valence-corrected chi connectivity index (χ0v) is 15.8. The van der Waals surface area contributed by atoms with Gasteiger partial charge < -0.3 is 14.8 Å². The molecule has 0 saturated heterocycles. The highest BCUT2D eigenvalue weighted by molar-refractivity contribution is 5.94. The SMILES string of the molecule is CCOCCCNC(=O)c1cccc(Oc2cc(-c3ccccc3)ncn2)c1. The van der Waals surface area contributed by atoms with E-state index in [0.717, 1.165) is 17.7 Å². The van der Waals surface area contributed by atoms with Crippen LogP contribution in [-0.4, -0.2) is 35.6 Å². The molecule has 0 unspecified atom stereocenters. The van der Waals surface area contributed by atoms with Crippen LogP contribution < -0.4 is 10.1 Å². The van der Waals surface area contributed by atoms with E-state index >= 15 is 0 Å². The Labute approximate surface area is 164 Å². The molecule has 0 aliphatic rings. The first kappa shape index (κ1) is 19.5. The predicted molar refractivity (Wildman–Crippen MR) is 107 cm³/mol. The van der Waals surface area contributed by atoms with Crippen molar-refractivity contribution in [3.8, 4) is 22.9 Å². The zero-order chi connectivity index (χ0) is 19.6. The van der Waals surface area contributed by atoms with Gasteiger partial charge in [0, 0.05) is 37.0 Å². The van der Waals surface area contributed by atoms with E-state index in [2.05, 4.69) is 15.3 Å². The van der Waals surface area contributed by atoms with Crippen LogP contribution in [0.15, 0.2) is 67.0 Å². The van der Waals surface area contributed by atoms with Gasteiger partial charge in [-0.1, -0.05) is 36.4 Å².